The van der Waals surface area contributed by atoms with Crippen LogP contribution < -0.4 is 14.8 Å². The summed E-state index contributed by atoms with van der Waals surface area (Å²) in [6.07, 6.45) is 3.13. The molecule has 0 spiro atoms. The molecular formula is C18H24N2O4. The van der Waals surface area contributed by atoms with Crippen LogP contribution in [0.3, 0.4) is 0 Å². The number of benzene rings is 1. The summed E-state index contributed by atoms with van der Waals surface area (Å²) in [5.74, 6) is 1.17. The molecule has 0 saturated heterocycles. The zero-order valence-corrected chi connectivity index (χ0v) is 14.6. The summed E-state index contributed by atoms with van der Waals surface area (Å²) in [6.45, 7) is 0. The average Bonchev–Trinajstić information content (AvgIpc) is 3.46. The van der Waals surface area contributed by atoms with E-state index in [0.717, 1.165) is 25.7 Å². The molecule has 0 aromatic heterocycles. The first kappa shape index (κ1) is 16.6. The molecule has 1 aromatic rings. The zero-order chi connectivity index (χ0) is 17.5. The Kier molecular flexibility index (Phi) is 3.94. The predicted octanol–water partition coefficient (Wildman–Crippen LogP) is 2.29. The van der Waals surface area contributed by atoms with Crippen molar-refractivity contribution in [3.8, 4) is 11.5 Å². The van der Waals surface area contributed by atoms with E-state index in [1.54, 1.807) is 51.4 Å². The Morgan fingerprint density at radius 2 is 1.58 bits per heavy atom. The number of carbonyl (C=O) groups is 2. The molecule has 2 aliphatic carbocycles. The van der Waals surface area contributed by atoms with Gasteiger partial charge < -0.3 is 19.7 Å². The van der Waals surface area contributed by atoms with Crippen LogP contribution in [-0.2, 0) is 9.59 Å². The highest BCUT2D eigenvalue weighted by molar-refractivity contribution is 6.03. The highest BCUT2D eigenvalue weighted by Crippen LogP contribution is 2.71. The van der Waals surface area contributed by atoms with E-state index in [1.807, 2.05) is 0 Å². The van der Waals surface area contributed by atoms with Gasteiger partial charge in [-0.25, -0.2) is 0 Å². The molecule has 0 heterocycles. The fourth-order valence-electron chi connectivity index (χ4n) is 3.66. The van der Waals surface area contributed by atoms with Gasteiger partial charge in [-0.2, -0.15) is 0 Å². The van der Waals surface area contributed by atoms with Gasteiger partial charge in [0.2, 0.25) is 11.8 Å². The predicted molar refractivity (Wildman–Crippen MR) is 90.2 cm³/mol. The fourth-order valence-corrected chi connectivity index (χ4v) is 3.66. The van der Waals surface area contributed by atoms with E-state index < -0.39 is 10.8 Å². The van der Waals surface area contributed by atoms with Gasteiger partial charge >= 0.3 is 0 Å². The summed E-state index contributed by atoms with van der Waals surface area (Å²) >= 11 is 0. The number of hydrogen-bond donors (Lipinski definition) is 1. The number of ether oxygens (including phenoxy) is 2. The maximum atomic E-state index is 12.9. The smallest absolute Gasteiger partial charge is 0.231 e. The first-order chi connectivity index (χ1) is 11.4. The molecule has 3 rings (SSSR count). The van der Waals surface area contributed by atoms with Gasteiger partial charge in [0, 0.05) is 25.8 Å². The van der Waals surface area contributed by atoms with Crippen molar-refractivity contribution < 1.29 is 19.1 Å². The van der Waals surface area contributed by atoms with E-state index >= 15 is 0 Å². The molecule has 24 heavy (non-hydrogen) atoms. The summed E-state index contributed by atoms with van der Waals surface area (Å²) in [5.41, 5.74) is -0.407. The Morgan fingerprint density at radius 1 is 1.00 bits per heavy atom. The van der Waals surface area contributed by atoms with E-state index in [-0.39, 0.29) is 11.8 Å². The molecule has 2 fully saturated rings. The van der Waals surface area contributed by atoms with Crippen LogP contribution in [0.15, 0.2) is 18.2 Å². The number of anilines is 1. The number of nitrogens with zero attached hydrogens (tertiary/aromatic N) is 1. The zero-order valence-electron chi connectivity index (χ0n) is 14.6. The number of hydrogen-bond acceptors (Lipinski definition) is 4. The summed E-state index contributed by atoms with van der Waals surface area (Å²) in [4.78, 5) is 27.1. The van der Waals surface area contributed by atoms with Crippen molar-refractivity contribution in [2.45, 2.75) is 25.7 Å². The van der Waals surface area contributed by atoms with Gasteiger partial charge in [0.1, 0.15) is 0 Å². The lowest BCUT2D eigenvalue weighted by Gasteiger charge is -2.27. The summed E-state index contributed by atoms with van der Waals surface area (Å²) in [7, 11) is 6.63. The maximum Gasteiger partial charge on any atom is 0.231 e. The van der Waals surface area contributed by atoms with E-state index in [4.69, 9.17) is 9.47 Å². The van der Waals surface area contributed by atoms with Gasteiger partial charge in [0.05, 0.1) is 25.0 Å². The number of amides is 2. The minimum Gasteiger partial charge on any atom is -0.493 e. The number of methoxy groups -OCH3 is 2. The second-order valence-electron chi connectivity index (χ2n) is 6.89. The minimum absolute atomic E-state index is 0.0672. The van der Waals surface area contributed by atoms with E-state index in [1.165, 1.54) is 0 Å². The third kappa shape index (κ3) is 2.41. The minimum atomic E-state index is -0.554. The van der Waals surface area contributed by atoms with Gasteiger partial charge in [-0.15, -0.1) is 0 Å². The third-order valence-electron chi connectivity index (χ3n) is 5.31. The quantitative estimate of drug-likeness (QED) is 0.868. The first-order valence-electron chi connectivity index (χ1n) is 8.15. The Labute approximate surface area is 142 Å². The highest BCUT2D eigenvalue weighted by atomic mass is 16.5. The number of rotatable bonds is 6. The summed E-state index contributed by atoms with van der Waals surface area (Å²) in [5, 5.41) is 2.97. The molecule has 0 radical (unpaired) electrons. The Balaban J connectivity index is 1.80. The van der Waals surface area contributed by atoms with Crippen LogP contribution >= 0.6 is 0 Å². The van der Waals surface area contributed by atoms with Crippen LogP contribution in [0.25, 0.3) is 0 Å². The molecule has 130 valence electrons. The summed E-state index contributed by atoms with van der Waals surface area (Å²) in [6, 6.07) is 5.27. The highest BCUT2D eigenvalue weighted by Gasteiger charge is 2.73. The molecule has 2 saturated carbocycles. The monoisotopic (exact) mass is 332 g/mol. The normalized spacial score (nSPS) is 19.2. The number of carbonyl (C=O) groups excluding carboxylic acids is 2. The number of nitrogens with one attached hydrogen (secondary N) is 1. The van der Waals surface area contributed by atoms with Gasteiger partial charge in [0.25, 0.3) is 0 Å². The maximum absolute atomic E-state index is 12.9. The first-order valence-corrected chi connectivity index (χ1v) is 8.15. The lowest BCUT2D eigenvalue weighted by molar-refractivity contribution is -0.141. The van der Waals surface area contributed by atoms with Gasteiger partial charge in [0.15, 0.2) is 11.5 Å². The van der Waals surface area contributed by atoms with Gasteiger partial charge in [-0.3, -0.25) is 9.59 Å². The molecule has 0 atom stereocenters. The second-order valence-corrected chi connectivity index (χ2v) is 6.89. The molecule has 2 aliphatic rings. The van der Waals surface area contributed by atoms with Crippen molar-refractivity contribution >= 4 is 17.5 Å². The SMILES string of the molecule is COc1ccc(NC(=O)C2(C3(C(=O)N(C)C)CC3)CC2)cc1OC. The standard InChI is InChI=1S/C18H24N2O4/c1-20(2)16(22)18(9-10-18)17(7-8-17)15(21)19-12-5-6-13(23-3)14(11-12)24-4/h5-6,11H,7-10H2,1-4H3,(H,19,21). The van der Waals surface area contributed by atoms with Crippen LogP contribution in [0, 0.1) is 10.8 Å². The molecule has 0 bridgehead atoms. The van der Waals surface area contributed by atoms with Gasteiger partial charge in [-0.05, 0) is 37.8 Å². The molecule has 6 nitrogen and oxygen atoms in total. The molecular weight excluding hydrogens is 308 g/mol. The van der Waals surface area contributed by atoms with Crippen LogP contribution in [0.5, 0.6) is 11.5 Å². The van der Waals surface area contributed by atoms with Crippen LogP contribution in [0.1, 0.15) is 25.7 Å². The Hall–Kier alpha value is -2.24. The van der Waals surface area contributed by atoms with E-state index in [2.05, 4.69) is 5.32 Å². The fraction of sp³-hybridized carbons (Fsp3) is 0.556. The Morgan fingerprint density at radius 3 is 2.04 bits per heavy atom. The third-order valence-corrected chi connectivity index (χ3v) is 5.31. The largest absolute Gasteiger partial charge is 0.493 e. The van der Waals surface area contributed by atoms with Crippen molar-refractivity contribution in [2.75, 3.05) is 33.6 Å². The van der Waals surface area contributed by atoms with E-state index in [9.17, 15) is 9.59 Å². The van der Waals surface area contributed by atoms with Crippen molar-refractivity contribution in [2.24, 2.45) is 10.8 Å². The van der Waals surface area contributed by atoms with Crippen LogP contribution in [0.2, 0.25) is 0 Å². The molecule has 1 N–H and O–H groups in total. The van der Waals surface area contributed by atoms with Crippen LogP contribution in [-0.4, -0.2) is 45.0 Å². The summed E-state index contributed by atoms with van der Waals surface area (Å²) < 4.78 is 10.5. The Bertz CT molecular complexity index is 676. The van der Waals surface area contributed by atoms with Crippen molar-refractivity contribution in [3.63, 3.8) is 0 Å². The average molecular weight is 332 g/mol. The lowest BCUT2D eigenvalue weighted by Crippen LogP contribution is -2.42. The van der Waals surface area contributed by atoms with Crippen molar-refractivity contribution in [1.29, 1.82) is 0 Å². The molecule has 6 heteroatoms. The molecule has 1 aromatic carbocycles. The molecule has 0 aliphatic heterocycles. The van der Waals surface area contributed by atoms with Crippen LogP contribution in [0.4, 0.5) is 5.69 Å². The molecule has 0 unspecified atom stereocenters. The van der Waals surface area contributed by atoms with Crippen molar-refractivity contribution in [3.05, 3.63) is 18.2 Å². The second kappa shape index (κ2) is 5.69. The molecule has 2 amide bonds. The lowest BCUT2D eigenvalue weighted by atomic mass is 9.83. The van der Waals surface area contributed by atoms with Crippen molar-refractivity contribution in [1.82, 2.24) is 4.90 Å². The van der Waals surface area contributed by atoms with Gasteiger partial charge in [-0.1, -0.05) is 0 Å². The van der Waals surface area contributed by atoms with E-state index in [0.29, 0.717) is 17.2 Å². The topological polar surface area (TPSA) is 67.9 Å².